The first kappa shape index (κ1) is 15.8. The first-order chi connectivity index (χ1) is 12.3. The van der Waals surface area contributed by atoms with Crippen LogP contribution in [-0.4, -0.2) is 15.9 Å². The van der Waals surface area contributed by atoms with E-state index in [1.54, 1.807) is 12.4 Å². The summed E-state index contributed by atoms with van der Waals surface area (Å²) in [5.74, 6) is 0.504. The molecule has 0 aliphatic heterocycles. The molecule has 0 amide bonds. The van der Waals surface area contributed by atoms with E-state index in [0.717, 1.165) is 42.1 Å². The monoisotopic (exact) mass is 332 g/mol. The minimum absolute atomic E-state index is 0.120. The average molecular weight is 332 g/mol. The quantitative estimate of drug-likeness (QED) is 0.523. The highest BCUT2D eigenvalue weighted by Crippen LogP contribution is 2.38. The van der Waals surface area contributed by atoms with E-state index < -0.39 is 0 Å². The van der Waals surface area contributed by atoms with E-state index in [9.17, 15) is 4.79 Å². The van der Waals surface area contributed by atoms with Gasteiger partial charge >= 0.3 is 5.97 Å². The Morgan fingerprint density at radius 3 is 2.76 bits per heavy atom. The number of carbonyl (C=O) groups is 1. The number of pyridine rings is 2. The molecule has 1 aliphatic carbocycles. The van der Waals surface area contributed by atoms with E-state index in [1.165, 1.54) is 0 Å². The SMILES string of the molecule is O=C(Oc1cccc2ncccc12)C1CCCCC1c1cccnc1. The van der Waals surface area contributed by atoms with Crippen LogP contribution in [0.1, 0.15) is 37.2 Å². The van der Waals surface area contributed by atoms with E-state index in [4.69, 9.17) is 4.74 Å². The molecule has 0 bridgehead atoms. The highest BCUT2D eigenvalue weighted by molar-refractivity contribution is 5.88. The topological polar surface area (TPSA) is 52.1 Å². The molecule has 25 heavy (non-hydrogen) atoms. The molecule has 0 N–H and O–H groups in total. The molecule has 2 heterocycles. The van der Waals surface area contributed by atoms with Gasteiger partial charge < -0.3 is 4.74 Å². The maximum atomic E-state index is 12.9. The van der Waals surface area contributed by atoms with Crippen LogP contribution < -0.4 is 4.74 Å². The van der Waals surface area contributed by atoms with E-state index in [0.29, 0.717) is 5.75 Å². The third-order valence-corrected chi connectivity index (χ3v) is 5.00. The lowest BCUT2D eigenvalue weighted by atomic mass is 9.76. The van der Waals surface area contributed by atoms with Gasteiger partial charge in [-0.2, -0.15) is 0 Å². The van der Waals surface area contributed by atoms with Gasteiger partial charge in [-0.15, -0.1) is 0 Å². The molecular weight excluding hydrogens is 312 g/mol. The molecule has 3 aromatic rings. The number of aromatic nitrogens is 2. The van der Waals surface area contributed by atoms with Crippen LogP contribution in [0, 0.1) is 5.92 Å². The van der Waals surface area contributed by atoms with Gasteiger partial charge in [0, 0.05) is 24.0 Å². The summed E-state index contributed by atoms with van der Waals surface area (Å²) in [5, 5.41) is 0.868. The van der Waals surface area contributed by atoms with Crippen molar-refractivity contribution < 1.29 is 9.53 Å². The van der Waals surface area contributed by atoms with Crippen molar-refractivity contribution in [3.63, 3.8) is 0 Å². The Labute approximate surface area is 146 Å². The van der Waals surface area contributed by atoms with Crippen molar-refractivity contribution in [3.8, 4) is 5.75 Å². The second-order valence-electron chi connectivity index (χ2n) is 6.53. The summed E-state index contributed by atoms with van der Waals surface area (Å²) in [4.78, 5) is 21.5. The summed E-state index contributed by atoms with van der Waals surface area (Å²) in [5.41, 5.74) is 1.96. The highest BCUT2D eigenvalue weighted by Gasteiger charge is 2.33. The van der Waals surface area contributed by atoms with Crippen molar-refractivity contribution >= 4 is 16.9 Å². The van der Waals surface area contributed by atoms with E-state index in [2.05, 4.69) is 16.0 Å². The molecule has 4 nitrogen and oxygen atoms in total. The summed E-state index contributed by atoms with van der Waals surface area (Å²) in [6, 6.07) is 13.4. The molecule has 1 aromatic carbocycles. The minimum atomic E-state index is -0.148. The largest absolute Gasteiger partial charge is 0.426 e. The van der Waals surface area contributed by atoms with Crippen molar-refractivity contribution in [2.45, 2.75) is 31.6 Å². The normalized spacial score (nSPS) is 20.3. The Morgan fingerprint density at radius 1 is 1.00 bits per heavy atom. The zero-order chi connectivity index (χ0) is 17.1. The van der Waals surface area contributed by atoms with Crippen LogP contribution >= 0.6 is 0 Å². The first-order valence-electron chi connectivity index (χ1n) is 8.78. The van der Waals surface area contributed by atoms with Crippen LogP contribution in [0.2, 0.25) is 0 Å². The van der Waals surface area contributed by atoms with Crippen molar-refractivity contribution in [2.75, 3.05) is 0 Å². The van der Waals surface area contributed by atoms with Gasteiger partial charge in [0.15, 0.2) is 0 Å². The Morgan fingerprint density at radius 2 is 1.88 bits per heavy atom. The molecule has 2 aromatic heterocycles. The van der Waals surface area contributed by atoms with Crippen LogP contribution in [0.5, 0.6) is 5.75 Å². The van der Waals surface area contributed by atoms with Gasteiger partial charge in [0.25, 0.3) is 0 Å². The third kappa shape index (κ3) is 3.25. The molecule has 0 radical (unpaired) electrons. The van der Waals surface area contributed by atoms with Gasteiger partial charge in [-0.25, -0.2) is 0 Å². The standard InChI is InChI=1S/C21H20N2O2/c24-21(25-20-11-3-10-19-18(20)9-5-13-23-19)17-8-2-1-7-16(17)15-6-4-12-22-14-15/h3-6,9-14,16-17H,1-2,7-8H2. The van der Waals surface area contributed by atoms with E-state index in [-0.39, 0.29) is 17.8 Å². The molecule has 1 aliphatic rings. The first-order valence-corrected chi connectivity index (χ1v) is 8.78. The number of esters is 1. The number of carbonyl (C=O) groups excluding carboxylic acids is 1. The Hall–Kier alpha value is -2.75. The average Bonchev–Trinajstić information content (AvgIpc) is 2.69. The lowest BCUT2D eigenvalue weighted by Crippen LogP contribution is -2.29. The van der Waals surface area contributed by atoms with Crippen molar-refractivity contribution in [1.29, 1.82) is 0 Å². The van der Waals surface area contributed by atoms with Gasteiger partial charge in [-0.1, -0.05) is 25.0 Å². The fourth-order valence-corrected chi connectivity index (χ4v) is 3.76. The van der Waals surface area contributed by atoms with Gasteiger partial charge in [0.2, 0.25) is 0 Å². The van der Waals surface area contributed by atoms with Crippen LogP contribution in [0.3, 0.4) is 0 Å². The summed E-state index contributed by atoms with van der Waals surface area (Å²) < 4.78 is 5.82. The van der Waals surface area contributed by atoms with Crippen LogP contribution in [-0.2, 0) is 4.79 Å². The zero-order valence-electron chi connectivity index (χ0n) is 14.0. The van der Waals surface area contributed by atoms with Gasteiger partial charge in [-0.05, 0) is 54.7 Å². The lowest BCUT2D eigenvalue weighted by molar-refractivity contribution is -0.140. The molecule has 1 fully saturated rings. The van der Waals surface area contributed by atoms with Gasteiger partial charge in [-0.3, -0.25) is 14.8 Å². The van der Waals surface area contributed by atoms with Crippen LogP contribution in [0.4, 0.5) is 0 Å². The summed E-state index contributed by atoms with van der Waals surface area (Å²) in [6.07, 6.45) is 9.45. The molecule has 0 saturated heterocycles. The second-order valence-corrected chi connectivity index (χ2v) is 6.53. The second kappa shape index (κ2) is 7.01. The fourth-order valence-electron chi connectivity index (χ4n) is 3.76. The summed E-state index contributed by atoms with van der Waals surface area (Å²) in [6.45, 7) is 0. The third-order valence-electron chi connectivity index (χ3n) is 5.00. The van der Waals surface area contributed by atoms with E-state index in [1.807, 2.05) is 42.6 Å². The highest BCUT2D eigenvalue weighted by atomic mass is 16.5. The molecule has 4 heteroatoms. The number of nitrogens with zero attached hydrogens (tertiary/aromatic N) is 2. The Balaban J connectivity index is 1.60. The molecule has 2 atom stereocenters. The smallest absolute Gasteiger partial charge is 0.314 e. The predicted octanol–water partition coefficient (Wildman–Crippen LogP) is 4.51. The maximum absolute atomic E-state index is 12.9. The number of hydrogen-bond acceptors (Lipinski definition) is 4. The molecule has 2 unspecified atom stereocenters. The van der Waals surface area contributed by atoms with Crippen LogP contribution in [0.15, 0.2) is 61.1 Å². The molecule has 126 valence electrons. The van der Waals surface area contributed by atoms with E-state index >= 15 is 0 Å². The Kier molecular flexibility index (Phi) is 4.42. The Bertz CT molecular complexity index is 874. The lowest BCUT2D eigenvalue weighted by Gasteiger charge is -2.30. The maximum Gasteiger partial charge on any atom is 0.314 e. The summed E-state index contributed by atoms with van der Waals surface area (Å²) >= 11 is 0. The van der Waals surface area contributed by atoms with Crippen molar-refractivity contribution in [2.24, 2.45) is 5.92 Å². The molecule has 0 spiro atoms. The fraction of sp³-hybridized carbons (Fsp3) is 0.286. The van der Waals surface area contributed by atoms with Crippen LogP contribution in [0.25, 0.3) is 10.9 Å². The van der Waals surface area contributed by atoms with Crippen molar-refractivity contribution in [3.05, 3.63) is 66.6 Å². The predicted molar refractivity (Wildman–Crippen MR) is 96.3 cm³/mol. The number of hydrogen-bond donors (Lipinski definition) is 0. The summed E-state index contributed by atoms with van der Waals surface area (Å²) in [7, 11) is 0. The van der Waals surface area contributed by atoms with Gasteiger partial charge in [0.1, 0.15) is 5.75 Å². The molecule has 1 saturated carbocycles. The zero-order valence-corrected chi connectivity index (χ0v) is 14.0. The number of ether oxygens (including phenoxy) is 1. The molecule has 4 rings (SSSR count). The number of benzene rings is 1. The van der Waals surface area contributed by atoms with Gasteiger partial charge in [0.05, 0.1) is 11.4 Å². The number of fused-ring (bicyclic) bond motifs is 1. The van der Waals surface area contributed by atoms with Crippen molar-refractivity contribution in [1.82, 2.24) is 9.97 Å². The minimum Gasteiger partial charge on any atom is -0.426 e. The molecular formula is C21H20N2O2. The number of rotatable bonds is 3.